The highest BCUT2D eigenvalue weighted by atomic mass is 16.3. The van der Waals surface area contributed by atoms with E-state index in [1.165, 1.54) is 13.0 Å². The molecule has 3 aliphatic rings. The molecule has 0 radical (unpaired) electrons. The minimum Gasteiger partial charge on any atom is -0.508 e. The lowest BCUT2D eigenvalue weighted by molar-refractivity contribution is -0.169. The summed E-state index contributed by atoms with van der Waals surface area (Å²) in [4.78, 5) is 40.2. The van der Waals surface area contributed by atoms with E-state index in [9.17, 15) is 29.7 Å². The Kier molecular flexibility index (Phi) is 6.59. The SMILES string of the molecule is CC(=O)C1=C(C)C[C@]2(C)[C@@H](C)[C@@]3(C)C(=C(O)[C@]2(O)C1=O)C(=O)c1c(O)cccc1[C@H]3CCCCC(C)C. The van der Waals surface area contributed by atoms with E-state index in [1.807, 2.05) is 19.9 Å². The quantitative estimate of drug-likeness (QED) is 0.322. The summed E-state index contributed by atoms with van der Waals surface area (Å²) in [6, 6.07) is 5.06. The zero-order chi connectivity index (χ0) is 27.7. The number of Topliss-reactive ketones (excluding diaryl/α,β-unsaturated/α-hetero) is 3. The number of aliphatic hydroxyl groups is 2. The first-order chi connectivity index (χ1) is 17.2. The van der Waals surface area contributed by atoms with E-state index in [-0.39, 0.29) is 34.8 Å². The van der Waals surface area contributed by atoms with E-state index in [1.54, 1.807) is 19.9 Å². The van der Waals surface area contributed by atoms with Crippen LogP contribution in [0.5, 0.6) is 5.75 Å². The van der Waals surface area contributed by atoms with Crippen molar-refractivity contribution < 1.29 is 29.7 Å². The van der Waals surface area contributed by atoms with E-state index in [2.05, 4.69) is 13.8 Å². The van der Waals surface area contributed by atoms with Crippen LogP contribution in [0.15, 0.2) is 40.7 Å². The molecule has 0 saturated carbocycles. The summed E-state index contributed by atoms with van der Waals surface area (Å²) in [5.74, 6) is -2.82. The number of phenols is 1. The first-order valence-corrected chi connectivity index (χ1v) is 13.4. The summed E-state index contributed by atoms with van der Waals surface area (Å²) in [7, 11) is 0. The Morgan fingerprint density at radius 3 is 2.38 bits per heavy atom. The second-order valence-electron chi connectivity index (χ2n) is 12.4. The molecule has 1 aromatic carbocycles. The Hall–Kier alpha value is -2.73. The molecule has 0 amide bonds. The summed E-state index contributed by atoms with van der Waals surface area (Å²) >= 11 is 0. The molecule has 3 N–H and O–H groups in total. The van der Waals surface area contributed by atoms with Gasteiger partial charge in [0.2, 0.25) is 5.78 Å². The van der Waals surface area contributed by atoms with Gasteiger partial charge < -0.3 is 15.3 Å². The van der Waals surface area contributed by atoms with Gasteiger partial charge >= 0.3 is 0 Å². The number of hydrogen-bond donors (Lipinski definition) is 3. The zero-order valence-electron chi connectivity index (χ0n) is 23.1. The molecule has 37 heavy (non-hydrogen) atoms. The fourth-order valence-corrected chi connectivity index (χ4v) is 7.75. The molecule has 0 heterocycles. The molecule has 0 bridgehead atoms. The molecule has 3 aliphatic carbocycles. The Labute approximate surface area is 219 Å². The maximum atomic E-state index is 14.0. The number of carbonyl (C=O) groups excluding carboxylic acids is 3. The maximum absolute atomic E-state index is 14.0. The zero-order valence-corrected chi connectivity index (χ0v) is 23.1. The van der Waals surface area contributed by atoms with Crippen molar-refractivity contribution in [2.75, 3.05) is 0 Å². The van der Waals surface area contributed by atoms with Gasteiger partial charge in [0.15, 0.2) is 17.2 Å². The van der Waals surface area contributed by atoms with Crippen molar-refractivity contribution in [3.8, 4) is 5.75 Å². The van der Waals surface area contributed by atoms with Gasteiger partial charge in [-0.25, -0.2) is 0 Å². The smallest absolute Gasteiger partial charge is 0.206 e. The number of hydrogen-bond acceptors (Lipinski definition) is 6. The second-order valence-corrected chi connectivity index (χ2v) is 12.4. The minimum absolute atomic E-state index is 0.0151. The van der Waals surface area contributed by atoms with E-state index in [0.717, 1.165) is 31.2 Å². The molecule has 0 fully saturated rings. The lowest BCUT2D eigenvalue weighted by atomic mass is 9.41. The second kappa shape index (κ2) is 8.93. The molecule has 0 unspecified atom stereocenters. The molecule has 0 aliphatic heterocycles. The minimum atomic E-state index is -2.42. The number of benzene rings is 1. The predicted molar refractivity (Wildman–Crippen MR) is 141 cm³/mol. The van der Waals surface area contributed by atoms with Crippen LogP contribution in [0, 0.1) is 22.7 Å². The fourth-order valence-electron chi connectivity index (χ4n) is 7.75. The van der Waals surface area contributed by atoms with E-state index < -0.39 is 45.5 Å². The van der Waals surface area contributed by atoms with Gasteiger partial charge in [-0.05, 0) is 56.1 Å². The molecule has 0 saturated heterocycles. The average Bonchev–Trinajstić information content (AvgIpc) is 2.80. The Morgan fingerprint density at radius 2 is 1.78 bits per heavy atom. The maximum Gasteiger partial charge on any atom is 0.206 e. The molecular weight excluding hydrogens is 468 g/mol. The number of unbranched alkanes of at least 4 members (excludes halogenated alkanes) is 1. The van der Waals surface area contributed by atoms with Gasteiger partial charge in [-0.1, -0.05) is 71.6 Å². The number of aromatic hydroxyl groups is 1. The van der Waals surface area contributed by atoms with Gasteiger partial charge in [-0.2, -0.15) is 0 Å². The fraction of sp³-hybridized carbons (Fsp3) is 0.581. The first-order valence-electron chi connectivity index (χ1n) is 13.4. The third-order valence-electron chi connectivity index (χ3n) is 9.92. The number of carbonyl (C=O) groups is 3. The summed E-state index contributed by atoms with van der Waals surface area (Å²) in [5, 5.41) is 34.6. The lowest BCUT2D eigenvalue weighted by Crippen LogP contribution is -2.67. The van der Waals surface area contributed by atoms with E-state index >= 15 is 0 Å². The molecule has 6 heteroatoms. The number of allylic oxidation sites excluding steroid dienone is 2. The summed E-state index contributed by atoms with van der Waals surface area (Å²) in [5.41, 5.74) is -3.15. The van der Waals surface area contributed by atoms with E-state index in [4.69, 9.17) is 0 Å². The highest BCUT2D eigenvalue weighted by molar-refractivity contribution is 6.25. The molecule has 5 atom stereocenters. The molecule has 0 aromatic heterocycles. The number of fused-ring (bicyclic) bond motifs is 3. The predicted octanol–water partition coefficient (Wildman–Crippen LogP) is 5.97. The van der Waals surface area contributed by atoms with Crippen LogP contribution in [0.4, 0.5) is 0 Å². The van der Waals surface area contributed by atoms with Crippen LogP contribution in [0.1, 0.15) is 102 Å². The van der Waals surface area contributed by atoms with Gasteiger partial charge in [0.25, 0.3) is 0 Å². The Balaban J connectivity index is 1.99. The Bertz CT molecular complexity index is 1250. The van der Waals surface area contributed by atoms with E-state index in [0.29, 0.717) is 11.5 Å². The van der Waals surface area contributed by atoms with Gasteiger partial charge in [0.1, 0.15) is 11.5 Å². The summed E-state index contributed by atoms with van der Waals surface area (Å²) in [6.07, 6.45) is 3.94. The lowest BCUT2D eigenvalue weighted by Gasteiger charge is -2.62. The topological polar surface area (TPSA) is 112 Å². The summed E-state index contributed by atoms with van der Waals surface area (Å²) < 4.78 is 0. The van der Waals surface area contributed by atoms with Gasteiger partial charge in [-0.15, -0.1) is 0 Å². The first kappa shape index (κ1) is 27.3. The monoisotopic (exact) mass is 508 g/mol. The standard InChI is InChI=1S/C31H40O6/c1-16(2)11-8-9-13-21-20-12-10-14-22(33)24(20)26(34)25-28(36)31(37)27(35)23(18(4)32)17(3)15-29(31,6)19(5)30(21,25)7/h10,12,14,16,19,21,33,36-37H,8-9,11,13,15H2,1-7H3/t19-,21-,29-,30-,31-/m1/s1. The van der Waals surface area contributed by atoms with Crippen LogP contribution in [-0.2, 0) is 9.59 Å². The highest BCUT2D eigenvalue weighted by Crippen LogP contribution is 2.68. The van der Waals surface area contributed by atoms with Crippen molar-refractivity contribution in [3.05, 3.63) is 51.8 Å². The van der Waals surface area contributed by atoms with Crippen LogP contribution in [-0.4, -0.2) is 38.3 Å². The van der Waals surface area contributed by atoms with Crippen molar-refractivity contribution in [3.63, 3.8) is 0 Å². The van der Waals surface area contributed by atoms with Crippen molar-refractivity contribution in [2.24, 2.45) is 22.7 Å². The van der Waals surface area contributed by atoms with Crippen LogP contribution in [0.25, 0.3) is 0 Å². The molecule has 200 valence electrons. The van der Waals surface area contributed by atoms with Crippen molar-refractivity contribution in [1.29, 1.82) is 0 Å². The molecule has 4 rings (SSSR count). The van der Waals surface area contributed by atoms with Crippen LogP contribution in [0.2, 0.25) is 0 Å². The number of ketones is 3. The molecule has 6 nitrogen and oxygen atoms in total. The largest absolute Gasteiger partial charge is 0.508 e. The van der Waals surface area contributed by atoms with Crippen molar-refractivity contribution >= 4 is 17.3 Å². The Morgan fingerprint density at radius 1 is 1.14 bits per heavy atom. The normalized spacial score (nSPS) is 33.4. The van der Waals surface area contributed by atoms with Gasteiger partial charge in [0.05, 0.1) is 11.1 Å². The summed E-state index contributed by atoms with van der Waals surface area (Å²) in [6.45, 7) is 13.1. The molecule has 1 aromatic rings. The highest BCUT2D eigenvalue weighted by Gasteiger charge is 2.71. The third kappa shape index (κ3) is 3.51. The average molecular weight is 509 g/mol. The third-order valence-corrected chi connectivity index (χ3v) is 9.92. The molecule has 0 spiro atoms. The molecular formula is C31H40O6. The van der Waals surface area contributed by atoms with Crippen LogP contribution in [0.3, 0.4) is 0 Å². The van der Waals surface area contributed by atoms with Gasteiger partial charge in [0, 0.05) is 16.4 Å². The van der Waals surface area contributed by atoms with Crippen LogP contribution < -0.4 is 0 Å². The van der Waals surface area contributed by atoms with Crippen molar-refractivity contribution in [2.45, 2.75) is 92.1 Å². The van der Waals surface area contributed by atoms with Gasteiger partial charge in [-0.3, -0.25) is 14.4 Å². The number of phenolic OH excluding ortho intramolecular Hbond substituents is 1. The number of aliphatic hydroxyl groups excluding tert-OH is 1. The van der Waals surface area contributed by atoms with Crippen LogP contribution >= 0.6 is 0 Å². The number of rotatable bonds is 6. The van der Waals surface area contributed by atoms with Crippen molar-refractivity contribution in [1.82, 2.24) is 0 Å².